The summed E-state index contributed by atoms with van der Waals surface area (Å²) >= 11 is 2.02. The summed E-state index contributed by atoms with van der Waals surface area (Å²) in [6, 6.07) is 4.00. The van der Waals surface area contributed by atoms with E-state index in [0.29, 0.717) is 11.9 Å². The highest BCUT2D eigenvalue weighted by Crippen LogP contribution is 2.23. The molecular weight excluding hydrogens is 384 g/mol. The Morgan fingerprint density at radius 1 is 1.14 bits per heavy atom. The van der Waals surface area contributed by atoms with E-state index in [4.69, 9.17) is 0 Å². The highest BCUT2D eigenvalue weighted by molar-refractivity contribution is 7.99. The van der Waals surface area contributed by atoms with Gasteiger partial charge in [-0.1, -0.05) is 6.07 Å². The molecule has 1 fully saturated rings. The van der Waals surface area contributed by atoms with Crippen LogP contribution >= 0.6 is 11.8 Å². The zero-order valence-electron chi connectivity index (χ0n) is 15.5. The van der Waals surface area contributed by atoms with E-state index in [9.17, 15) is 13.6 Å². The third-order valence-electron chi connectivity index (χ3n) is 5.44. The zero-order chi connectivity index (χ0) is 19.5. The van der Waals surface area contributed by atoms with Gasteiger partial charge in [-0.25, -0.2) is 8.78 Å². The van der Waals surface area contributed by atoms with Crippen LogP contribution in [0.2, 0.25) is 0 Å². The normalized spacial score (nSPS) is 18.5. The number of thioether (sulfide) groups is 1. The van der Waals surface area contributed by atoms with Gasteiger partial charge in [0.15, 0.2) is 5.82 Å². The smallest absolute Gasteiger partial charge is 0.257 e. The molecule has 0 aliphatic carbocycles. The van der Waals surface area contributed by atoms with Gasteiger partial charge in [0.1, 0.15) is 23.0 Å². The van der Waals surface area contributed by atoms with Crippen LogP contribution in [0.3, 0.4) is 0 Å². The molecule has 2 aliphatic heterocycles. The van der Waals surface area contributed by atoms with Gasteiger partial charge >= 0.3 is 0 Å². The fourth-order valence-corrected chi connectivity index (χ4v) is 4.99. The van der Waals surface area contributed by atoms with Gasteiger partial charge in [0.2, 0.25) is 0 Å². The lowest BCUT2D eigenvalue weighted by atomic mass is 10.1. The van der Waals surface area contributed by atoms with Gasteiger partial charge in [-0.2, -0.15) is 11.8 Å². The number of nitrogens with one attached hydrogen (secondary N) is 1. The monoisotopic (exact) mass is 407 g/mol. The van der Waals surface area contributed by atoms with Crippen molar-refractivity contribution in [2.24, 2.45) is 0 Å². The van der Waals surface area contributed by atoms with E-state index < -0.39 is 23.1 Å². The van der Waals surface area contributed by atoms with Crippen molar-refractivity contribution in [2.75, 3.05) is 24.6 Å². The first kappa shape index (κ1) is 19.3. The molecule has 1 aromatic carbocycles. The molecule has 0 spiro atoms. The van der Waals surface area contributed by atoms with Gasteiger partial charge in [0.05, 0.1) is 6.54 Å². The number of nitrogens with zero attached hydrogens (tertiary/aromatic N) is 4. The van der Waals surface area contributed by atoms with E-state index in [1.54, 1.807) is 0 Å². The van der Waals surface area contributed by atoms with Crippen molar-refractivity contribution < 1.29 is 13.6 Å². The number of hydrogen-bond acceptors (Lipinski definition) is 5. The fourth-order valence-electron chi connectivity index (χ4n) is 3.91. The average Bonchev–Trinajstić information content (AvgIpc) is 2.96. The number of hydrogen-bond donors (Lipinski definition) is 1. The first-order valence-electron chi connectivity index (χ1n) is 9.58. The molecule has 1 saturated heterocycles. The van der Waals surface area contributed by atoms with E-state index in [2.05, 4.69) is 20.4 Å². The highest BCUT2D eigenvalue weighted by Gasteiger charge is 2.25. The second kappa shape index (κ2) is 8.57. The summed E-state index contributed by atoms with van der Waals surface area (Å²) in [7, 11) is 0. The third-order valence-corrected chi connectivity index (χ3v) is 6.49. The molecule has 2 aromatic rings. The standard InChI is InChI=1S/C19H23F2N5OS/c20-14-2-1-3-15(21)18(14)19(27)22-12-17-24-23-16-4-7-25(8-9-26(16)17)13-5-10-28-11-6-13/h1-3,13H,4-12H2,(H,22,27). The molecule has 1 amide bonds. The van der Waals surface area contributed by atoms with Gasteiger partial charge in [-0.15, -0.1) is 10.2 Å². The van der Waals surface area contributed by atoms with Crippen molar-refractivity contribution in [3.05, 3.63) is 47.0 Å². The van der Waals surface area contributed by atoms with Gasteiger partial charge in [-0.05, 0) is 36.5 Å². The molecule has 0 unspecified atom stereocenters. The molecule has 1 N–H and O–H groups in total. The number of carbonyl (C=O) groups excluding carboxylic acids is 1. The quantitative estimate of drug-likeness (QED) is 0.842. The third kappa shape index (κ3) is 4.05. The van der Waals surface area contributed by atoms with Crippen LogP contribution in [0, 0.1) is 11.6 Å². The molecule has 9 heteroatoms. The Morgan fingerprint density at radius 3 is 2.64 bits per heavy atom. The predicted octanol–water partition coefficient (Wildman–Crippen LogP) is 2.24. The minimum Gasteiger partial charge on any atom is -0.345 e. The molecule has 0 bridgehead atoms. The summed E-state index contributed by atoms with van der Waals surface area (Å²) in [5, 5.41) is 11.0. The van der Waals surface area contributed by atoms with Crippen molar-refractivity contribution >= 4 is 17.7 Å². The Hall–Kier alpha value is -2.00. The van der Waals surface area contributed by atoms with Crippen LogP contribution in [0.5, 0.6) is 0 Å². The maximum absolute atomic E-state index is 13.8. The zero-order valence-corrected chi connectivity index (χ0v) is 16.4. The Morgan fingerprint density at radius 2 is 1.89 bits per heavy atom. The number of halogens is 2. The fraction of sp³-hybridized carbons (Fsp3) is 0.526. The van der Waals surface area contributed by atoms with E-state index in [1.807, 2.05) is 16.3 Å². The van der Waals surface area contributed by atoms with Gasteiger partial charge < -0.3 is 9.88 Å². The summed E-state index contributed by atoms with van der Waals surface area (Å²) < 4.78 is 29.6. The van der Waals surface area contributed by atoms with Crippen molar-refractivity contribution in [3.63, 3.8) is 0 Å². The predicted molar refractivity (Wildman–Crippen MR) is 103 cm³/mol. The van der Waals surface area contributed by atoms with Crippen molar-refractivity contribution in [1.82, 2.24) is 25.0 Å². The van der Waals surface area contributed by atoms with E-state index >= 15 is 0 Å². The molecule has 6 nitrogen and oxygen atoms in total. The van der Waals surface area contributed by atoms with Crippen LogP contribution in [0.1, 0.15) is 34.8 Å². The minimum absolute atomic E-state index is 0.0830. The lowest BCUT2D eigenvalue weighted by Gasteiger charge is -2.32. The minimum atomic E-state index is -0.876. The number of aromatic nitrogens is 3. The number of amides is 1. The molecule has 28 heavy (non-hydrogen) atoms. The Balaban J connectivity index is 1.40. The maximum Gasteiger partial charge on any atom is 0.257 e. The van der Waals surface area contributed by atoms with Crippen molar-refractivity contribution in [1.29, 1.82) is 0 Å². The maximum atomic E-state index is 13.8. The summed E-state index contributed by atoms with van der Waals surface area (Å²) in [4.78, 5) is 14.8. The molecule has 4 rings (SSSR count). The second-order valence-electron chi connectivity index (χ2n) is 7.09. The molecule has 0 radical (unpaired) electrons. The highest BCUT2D eigenvalue weighted by atomic mass is 32.2. The molecule has 150 valence electrons. The SMILES string of the molecule is O=C(NCc1nnc2n1CCN(C1CCSCC1)CC2)c1c(F)cccc1F. The molecule has 3 heterocycles. The number of rotatable bonds is 4. The first-order chi connectivity index (χ1) is 13.6. The largest absolute Gasteiger partial charge is 0.345 e. The number of fused-ring (bicyclic) bond motifs is 1. The average molecular weight is 407 g/mol. The van der Waals surface area contributed by atoms with Crippen LogP contribution < -0.4 is 5.32 Å². The lowest BCUT2D eigenvalue weighted by Crippen LogP contribution is -2.39. The van der Waals surface area contributed by atoms with E-state index in [-0.39, 0.29) is 6.54 Å². The van der Waals surface area contributed by atoms with Crippen molar-refractivity contribution in [3.8, 4) is 0 Å². The van der Waals surface area contributed by atoms with Crippen LogP contribution in [-0.2, 0) is 19.5 Å². The van der Waals surface area contributed by atoms with Crippen LogP contribution in [0.4, 0.5) is 8.78 Å². The van der Waals surface area contributed by atoms with Crippen LogP contribution in [0.15, 0.2) is 18.2 Å². The van der Waals surface area contributed by atoms with Crippen LogP contribution in [-0.4, -0.2) is 56.2 Å². The van der Waals surface area contributed by atoms with Crippen LogP contribution in [0.25, 0.3) is 0 Å². The molecule has 0 atom stereocenters. The second-order valence-corrected chi connectivity index (χ2v) is 8.32. The summed E-state index contributed by atoms with van der Waals surface area (Å²) in [6.45, 7) is 2.72. The van der Waals surface area contributed by atoms with Crippen molar-refractivity contribution in [2.45, 2.75) is 38.4 Å². The van der Waals surface area contributed by atoms with E-state index in [1.165, 1.54) is 30.4 Å². The Kier molecular flexibility index (Phi) is 5.91. The summed E-state index contributed by atoms with van der Waals surface area (Å²) in [5.41, 5.74) is -0.570. The molecule has 2 aliphatic rings. The van der Waals surface area contributed by atoms with Gasteiger partial charge in [-0.3, -0.25) is 9.69 Å². The Bertz CT molecular complexity index is 833. The Labute approximate surface area is 166 Å². The lowest BCUT2D eigenvalue weighted by molar-refractivity contribution is 0.0941. The van der Waals surface area contributed by atoms with Gasteiger partial charge in [0, 0.05) is 32.1 Å². The molecule has 0 saturated carbocycles. The molecular formula is C19H23F2N5OS. The first-order valence-corrected chi connectivity index (χ1v) is 10.7. The topological polar surface area (TPSA) is 63.1 Å². The van der Waals surface area contributed by atoms with Gasteiger partial charge in [0.25, 0.3) is 5.91 Å². The molecule has 1 aromatic heterocycles. The number of benzene rings is 1. The summed E-state index contributed by atoms with van der Waals surface area (Å²) in [6.07, 6.45) is 3.26. The number of carbonyl (C=O) groups is 1. The summed E-state index contributed by atoms with van der Waals surface area (Å²) in [5.74, 6) is 1.41. The van der Waals surface area contributed by atoms with E-state index in [0.717, 1.165) is 44.0 Å².